The van der Waals surface area contributed by atoms with Gasteiger partial charge in [0.15, 0.2) is 6.10 Å². The van der Waals surface area contributed by atoms with E-state index in [2.05, 4.69) is 11.4 Å². The Kier molecular flexibility index (Phi) is 20.6. The van der Waals surface area contributed by atoms with Crippen molar-refractivity contribution < 1.29 is 47.8 Å². The summed E-state index contributed by atoms with van der Waals surface area (Å²) in [6.45, 7) is 1.89. The third kappa shape index (κ3) is 20.4. The van der Waals surface area contributed by atoms with Gasteiger partial charge in [-0.3, -0.25) is 18.6 Å². The number of esters is 2. The summed E-state index contributed by atoms with van der Waals surface area (Å²) in [4.78, 5) is 33.5. The fraction of sp³-hybridized carbons (Fsp3) is 0.913. The van der Waals surface area contributed by atoms with E-state index < -0.39 is 51.8 Å². The van der Waals surface area contributed by atoms with Crippen LogP contribution in [0.2, 0.25) is 0 Å². The second-order valence-electron chi connectivity index (χ2n) is 8.37. The Morgan fingerprint density at radius 3 is 1.88 bits per heavy atom. The molecule has 0 aromatic rings. The van der Waals surface area contributed by atoms with Crippen molar-refractivity contribution in [3.05, 3.63) is 0 Å². The lowest BCUT2D eigenvalue weighted by Gasteiger charge is -2.20. The third-order valence-electron chi connectivity index (χ3n) is 4.98. The van der Waals surface area contributed by atoms with Gasteiger partial charge in [0.2, 0.25) is 0 Å². The molecule has 0 aliphatic carbocycles. The van der Waals surface area contributed by atoms with E-state index in [-0.39, 0.29) is 19.4 Å². The summed E-state index contributed by atoms with van der Waals surface area (Å²) in [6, 6.07) is 0. The van der Waals surface area contributed by atoms with Crippen molar-refractivity contribution in [3.63, 3.8) is 0 Å². The fourth-order valence-electron chi connectivity index (χ4n) is 3.03. The molecule has 0 saturated heterocycles. The van der Waals surface area contributed by atoms with E-state index in [9.17, 15) is 24.2 Å². The highest BCUT2D eigenvalue weighted by Gasteiger charge is 2.27. The van der Waals surface area contributed by atoms with Gasteiger partial charge in [0.1, 0.15) is 12.7 Å². The van der Waals surface area contributed by atoms with E-state index in [1.807, 2.05) is 0 Å². The van der Waals surface area contributed by atoms with E-state index in [1.165, 1.54) is 38.5 Å². The summed E-state index contributed by atoms with van der Waals surface area (Å²) in [5, 5.41) is 17.9. The predicted molar refractivity (Wildman–Crippen MR) is 127 cm³/mol. The Morgan fingerprint density at radius 1 is 0.765 bits per heavy atom. The fourth-order valence-corrected chi connectivity index (χ4v) is 3.82. The number of aliphatic hydroxyl groups is 2. The monoisotopic (exact) mass is 512 g/mol. The zero-order chi connectivity index (χ0) is 25.7. The molecule has 0 rings (SSSR count). The maximum atomic E-state index is 12.0. The van der Waals surface area contributed by atoms with Gasteiger partial charge in [-0.05, 0) is 12.8 Å². The summed E-state index contributed by atoms with van der Waals surface area (Å²) in [6.07, 6.45) is 10.0. The van der Waals surface area contributed by atoms with Gasteiger partial charge in [0.25, 0.3) is 0 Å². The zero-order valence-corrected chi connectivity index (χ0v) is 21.7. The molecule has 0 fully saturated rings. The maximum absolute atomic E-state index is 12.0. The smallest absolute Gasteiger partial charge is 0.462 e. The number of carbonyl (C=O) groups is 2. The van der Waals surface area contributed by atoms with Crippen molar-refractivity contribution in [1.29, 1.82) is 0 Å². The van der Waals surface area contributed by atoms with Crippen LogP contribution in [0.1, 0.15) is 97.3 Å². The number of hydrogen-bond donors (Lipinski definition) is 3. The zero-order valence-electron chi connectivity index (χ0n) is 20.8. The number of hydrogen-bond acceptors (Lipinski definition) is 9. The molecule has 0 bridgehead atoms. The first-order valence-corrected chi connectivity index (χ1v) is 14.0. The molecule has 0 aliphatic heterocycles. The van der Waals surface area contributed by atoms with E-state index >= 15 is 0 Å². The molecule has 1 unspecified atom stereocenters. The quantitative estimate of drug-likeness (QED) is 0.104. The lowest BCUT2D eigenvalue weighted by Crippen LogP contribution is -2.29. The van der Waals surface area contributed by atoms with Crippen LogP contribution in [0.3, 0.4) is 0 Å². The molecule has 0 aromatic carbocycles. The lowest BCUT2D eigenvalue weighted by molar-refractivity contribution is -0.161. The lowest BCUT2D eigenvalue weighted by atomic mass is 10.1. The van der Waals surface area contributed by atoms with Crippen molar-refractivity contribution in [2.45, 2.75) is 110 Å². The topological polar surface area (TPSA) is 149 Å². The molecule has 0 heterocycles. The van der Waals surface area contributed by atoms with Crippen LogP contribution >= 0.6 is 7.82 Å². The van der Waals surface area contributed by atoms with Crippen molar-refractivity contribution in [2.24, 2.45) is 0 Å². The standard InChI is InChI=1S/C23H45O10P/c1-3-5-6-7-8-9-10-11-12-13-15-22(26)30-18-21(33-23(27)14-4-2)19-32-34(28,29)31-17-20(25)16-24/h20-21,24-25H,3-19H2,1-2H3,(H,28,29)/t20-,21+/m0/s1. The SMILES string of the molecule is CCCCCCCCCCCCC(=O)OC[C@H](COP(=O)(O)OC[C@@H](O)CO)OC(=O)CCC. The van der Waals surface area contributed by atoms with Gasteiger partial charge in [-0.1, -0.05) is 71.6 Å². The van der Waals surface area contributed by atoms with Crippen LogP contribution in [0.15, 0.2) is 0 Å². The summed E-state index contributed by atoms with van der Waals surface area (Å²) >= 11 is 0. The Labute approximate surface area is 203 Å². The van der Waals surface area contributed by atoms with E-state index in [0.717, 1.165) is 19.3 Å². The Hall–Kier alpha value is -1.03. The van der Waals surface area contributed by atoms with Gasteiger partial charge in [0, 0.05) is 12.8 Å². The Morgan fingerprint density at radius 2 is 1.32 bits per heavy atom. The molecular formula is C23H45O10P. The van der Waals surface area contributed by atoms with Crippen LogP contribution in [0.5, 0.6) is 0 Å². The van der Waals surface area contributed by atoms with Crippen LogP contribution in [-0.2, 0) is 32.7 Å². The van der Waals surface area contributed by atoms with Crippen LogP contribution in [-0.4, -0.2) is 65.7 Å². The van der Waals surface area contributed by atoms with Crippen LogP contribution in [0, 0.1) is 0 Å². The number of phosphoric acid groups is 1. The van der Waals surface area contributed by atoms with Gasteiger partial charge in [-0.2, -0.15) is 0 Å². The number of aliphatic hydroxyl groups excluding tert-OH is 2. The van der Waals surface area contributed by atoms with E-state index in [4.69, 9.17) is 19.1 Å². The van der Waals surface area contributed by atoms with Gasteiger partial charge in [-0.15, -0.1) is 0 Å². The Bertz CT molecular complexity index is 572. The second-order valence-corrected chi connectivity index (χ2v) is 9.83. The Balaban J connectivity index is 4.24. The number of ether oxygens (including phenoxy) is 2. The molecular weight excluding hydrogens is 467 g/mol. The molecule has 0 radical (unpaired) electrons. The summed E-state index contributed by atoms with van der Waals surface area (Å²) in [5.41, 5.74) is 0. The predicted octanol–water partition coefficient (Wildman–Crippen LogP) is 4.04. The summed E-state index contributed by atoms with van der Waals surface area (Å²) < 4.78 is 31.6. The van der Waals surface area contributed by atoms with Gasteiger partial charge < -0.3 is 24.6 Å². The minimum Gasteiger partial charge on any atom is -0.462 e. The highest BCUT2D eigenvalue weighted by atomic mass is 31.2. The van der Waals surface area contributed by atoms with E-state index in [0.29, 0.717) is 12.8 Å². The number of unbranched alkanes of at least 4 members (excludes halogenated alkanes) is 9. The minimum atomic E-state index is -4.56. The molecule has 3 atom stereocenters. The van der Waals surface area contributed by atoms with Gasteiger partial charge in [-0.25, -0.2) is 4.57 Å². The second kappa shape index (κ2) is 21.3. The van der Waals surface area contributed by atoms with Crippen molar-refractivity contribution in [1.82, 2.24) is 0 Å². The highest BCUT2D eigenvalue weighted by molar-refractivity contribution is 7.47. The van der Waals surface area contributed by atoms with E-state index in [1.54, 1.807) is 6.92 Å². The average molecular weight is 513 g/mol. The molecule has 0 saturated carbocycles. The summed E-state index contributed by atoms with van der Waals surface area (Å²) in [7, 11) is -4.56. The van der Waals surface area contributed by atoms with Crippen molar-refractivity contribution >= 4 is 19.8 Å². The van der Waals surface area contributed by atoms with Crippen LogP contribution < -0.4 is 0 Å². The van der Waals surface area contributed by atoms with Gasteiger partial charge >= 0.3 is 19.8 Å². The van der Waals surface area contributed by atoms with Crippen molar-refractivity contribution in [3.8, 4) is 0 Å². The molecule has 0 aromatic heterocycles. The highest BCUT2D eigenvalue weighted by Crippen LogP contribution is 2.43. The molecule has 34 heavy (non-hydrogen) atoms. The molecule has 202 valence electrons. The molecule has 0 aliphatic rings. The minimum absolute atomic E-state index is 0.138. The molecule has 0 spiro atoms. The average Bonchev–Trinajstić information content (AvgIpc) is 2.80. The summed E-state index contributed by atoms with van der Waals surface area (Å²) in [5.74, 6) is -0.989. The largest absolute Gasteiger partial charge is 0.472 e. The first-order valence-electron chi connectivity index (χ1n) is 12.5. The molecule has 11 heteroatoms. The maximum Gasteiger partial charge on any atom is 0.472 e. The number of rotatable bonds is 23. The number of carbonyl (C=O) groups excluding carboxylic acids is 2. The van der Waals surface area contributed by atoms with Gasteiger partial charge in [0.05, 0.1) is 19.8 Å². The van der Waals surface area contributed by atoms with Crippen molar-refractivity contribution in [2.75, 3.05) is 26.4 Å². The molecule has 10 nitrogen and oxygen atoms in total. The molecule has 0 amide bonds. The first kappa shape index (κ1) is 33.0. The molecule has 3 N–H and O–H groups in total. The number of phosphoric ester groups is 1. The third-order valence-corrected chi connectivity index (χ3v) is 5.93. The normalized spacial score (nSPS) is 14.9. The van der Waals surface area contributed by atoms with Crippen LogP contribution in [0.25, 0.3) is 0 Å². The van der Waals surface area contributed by atoms with Crippen LogP contribution in [0.4, 0.5) is 0 Å². The first-order chi connectivity index (χ1) is 16.2.